The SMILES string of the molecule is Cc1ccc2cc(Br)sc2c1I. The molecule has 0 N–H and O–H groups in total. The van der Waals surface area contributed by atoms with Gasteiger partial charge in [0.25, 0.3) is 0 Å². The Morgan fingerprint density at radius 1 is 1.42 bits per heavy atom. The number of aryl methyl sites for hydroxylation is 1. The Hall–Kier alpha value is 0.390. The molecule has 0 aliphatic heterocycles. The smallest absolute Gasteiger partial charge is 0.0711 e. The van der Waals surface area contributed by atoms with Crippen molar-refractivity contribution < 1.29 is 0 Å². The third-order valence-electron chi connectivity index (χ3n) is 1.79. The molecule has 0 aliphatic carbocycles. The molecule has 2 rings (SSSR count). The van der Waals surface area contributed by atoms with E-state index in [4.69, 9.17) is 0 Å². The molecular weight excluding hydrogens is 347 g/mol. The van der Waals surface area contributed by atoms with Crippen LogP contribution >= 0.6 is 49.9 Å². The lowest BCUT2D eigenvalue weighted by molar-refractivity contribution is 1.48. The molecular formula is C9H6BrIS. The Labute approximate surface area is 97.2 Å². The Kier molecular flexibility index (Phi) is 2.44. The van der Waals surface area contributed by atoms with Gasteiger partial charge >= 0.3 is 0 Å². The van der Waals surface area contributed by atoms with Gasteiger partial charge in [-0.15, -0.1) is 11.3 Å². The van der Waals surface area contributed by atoms with Gasteiger partial charge in [0, 0.05) is 8.27 Å². The highest BCUT2D eigenvalue weighted by Gasteiger charge is 2.04. The Bertz CT molecular complexity index is 433. The van der Waals surface area contributed by atoms with Gasteiger partial charge in [0.1, 0.15) is 0 Å². The van der Waals surface area contributed by atoms with Crippen LogP contribution in [0.4, 0.5) is 0 Å². The lowest BCUT2D eigenvalue weighted by Crippen LogP contribution is -1.77. The summed E-state index contributed by atoms with van der Waals surface area (Å²) in [6, 6.07) is 6.51. The zero-order valence-electron chi connectivity index (χ0n) is 6.40. The van der Waals surface area contributed by atoms with Crippen LogP contribution in [-0.4, -0.2) is 0 Å². The van der Waals surface area contributed by atoms with Crippen LogP contribution in [0.5, 0.6) is 0 Å². The van der Waals surface area contributed by atoms with E-state index in [1.807, 2.05) is 0 Å². The molecule has 0 nitrogen and oxygen atoms in total. The molecule has 0 fully saturated rings. The molecule has 0 aliphatic rings. The summed E-state index contributed by atoms with van der Waals surface area (Å²) in [6.07, 6.45) is 0. The first-order chi connectivity index (χ1) is 5.68. The van der Waals surface area contributed by atoms with Crippen LogP contribution in [0.3, 0.4) is 0 Å². The maximum absolute atomic E-state index is 3.50. The van der Waals surface area contributed by atoms with Crippen LogP contribution in [0.2, 0.25) is 0 Å². The fourth-order valence-electron chi connectivity index (χ4n) is 1.14. The van der Waals surface area contributed by atoms with E-state index in [9.17, 15) is 0 Å². The molecule has 12 heavy (non-hydrogen) atoms. The summed E-state index contributed by atoms with van der Waals surface area (Å²) >= 11 is 7.71. The van der Waals surface area contributed by atoms with Crippen molar-refractivity contribution >= 4 is 59.9 Å². The van der Waals surface area contributed by atoms with Gasteiger partial charge in [-0.2, -0.15) is 0 Å². The summed E-state index contributed by atoms with van der Waals surface area (Å²) in [5.74, 6) is 0. The highest BCUT2D eigenvalue weighted by atomic mass is 127. The molecule has 0 bridgehead atoms. The normalized spacial score (nSPS) is 10.9. The van der Waals surface area contributed by atoms with E-state index >= 15 is 0 Å². The van der Waals surface area contributed by atoms with Gasteiger partial charge in [-0.05, 0) is 62.5 Å². The van der Waals surface area contributed by atoms with Crippen molar-refractivity contribution in [1.82, 2.24) is 0 Å². The Balaban J connectivity index is 2.89. The average molecular weight is 353 g/mol. The van der Waals surface area contributed by atoms with Crippen molar-refractivity contribution in [2.45, 2.75) is 6.92 Å². The number of hydrogen-bond donors (Lipinski definition) is 0. The third kappa shape index (κ3) is 1.42. The quantitative estimate of drug-likeness (QED) is 0.609. The number of fused-ring (bicyclic) bond motifs is 1. The highest BCUT2D eigenvalue weighted by Crippen LogP contribution is 2.34. The minimum atomic E-state index is 1.21. The van der Waals surface area contributed by atoms with Crippen LogP contribution in [0, 0.1) is 10.5 Å². The van der Waals surface area contributed by atoms with Crippen molar-refractivity contribution in [3.05, 3.63) is 31.1 Å². The van der Waals surface area contributed by atoms with E-state index in [0.29, 0.717) is 0 Å². The van der Waals surface area contributed by atoms with Gasteiger partial charge < -0.3 is 0 Å². The maximum Gasteiger partial charge on any atom is 0.0711 e. The van der Waals surface area contributed by atoms with E-state index in [-0.39, 0.29) is 0 Å². The molecule has 1 aromatic heterocycles. The molecule has 1 heterocycles. The summed E-state index contributed by atoms with van der Waals surface area (Å²) in [5, 5.41) is 1.34. The predicted octanol–water partition coefficient (Wildman–Crippen LogP) is 4.58. The van der Waals surface area contributed by atoms with Crippen molar-refractivity contribution in [2.24, 2.45) is 0 Å². The topological polar surface area (TPSA) is 0 Å². The predicted molar refractivity (Wildman–Crippen MR) is 67.0 cm³/mol. The first kappa shape index (κ1) is 8.97. The van der Waals surface area contributed by atoms with Crippen molar-refractivity contribution in [3.63, 3.8) is 0 Å². The first-order valence-corrected chi connectivity index (χ1v) is 6.21. The summed E-state index contributed by atoms with van der Waals surface area (Å²) in [6.45, 7) is 2.15. The molecule has 0 radical (unpaired) electrons. The molecule has 0 unspecified atom stereocenters. The molecule has 0 saturated carbocycles. The Morgan fingerprint density at radius 2 is 2.17 bits per heavy atom. The second kappa shape index (κ2) is 3.27. The van der Waals surface area contributed by atoms with Crippen molar-refractivity contribution in [2.75, 3.05) is 0 Å². The second-order valence-corrected chi connectivity index (χ2v) is 6.18. The van der Waals surface area contributed by atoms with Crippen LogP contribution in [-0.2, 0) is 0 Å². The van der Waals surface area contributed by atoms with Gasteiger partial charge in [0.05, 0.1) is 3.79 Å². The van der Waals surface area contributed by atoms with Crippen LogP contribution in [0.25, 0.3) is 10.1 Å². The molecule has 0 atom stereocenters. The zero-order chi connectivity index (χ0) is 8.72. The van der Waals surface area contributed by atoms with Crippen molar-refractivity contribution in [1.29, 1.82) is 0 Å². The van der Waals surface area contributed by atoms with Gasteiger partial charge in [0.15, 0.2) is 0 Å². The van der Waals surface area contributed by atoms with E-state index < -0.39 is 0 Å². The maximum atomic E-state index is 3.50. The van der Waals surface area contributed by atoms with Crippen molar-refractivity contribution in [3.8, 4) is 0 Å². The Morgan fingerprint density at radius 3 is 2.92 bits per heavy atom. The number of benzene rings is 1. The van der Waals surface area contributed by atoms with Gasteiger partial charge in [-0.1, -0.05) is 12.1 Å². The lowest BCUT2D eigenvalue weighted by Gasteiger charge is -1.97. The molecule has 0 amide bonds. The zero-order valence-corrected chi connectivity index (χ0v) is 11.0. The number of hydrogen-bond acceptors (Lipinski definition) is 1. The van der Waals surface area contributed by atoms with Gasteiger partial charge in [-0.25, -0.2) is 0 Å². The fraction of sp³-hybridized carbons (Fsp3) is 0.111. The summed E-state index contributed by atoms with van der Waals surface area (Å²) in [4.78, 5) is 0. The van der Waals surface area contributed by atoms with E-state index in [0.717, 1.165) is 0 Å². The summed E-state index contributed by atoms with van der Waals surface area (Å²) in [5.41, 5.74) is 1.36. The average Bonchev–Trinajstić information content (AvgIpc) is 2.39. The van der Waals surface area contributed by atoms with E-state index in [1.54, 1.807) is 11.3 Å². The fourth-order valence-corrected chi connectivity index (χ4v) is 3.57. The third-order valence-corrected chi connectivity index (χ3v) is 5.22. The lowest BCUT2D eigenvalue weighted by atomic mass is 10.2. The molecule has 0 spiro atoms. The minimum Gasteiger partial charge on any atom is -0.127 e. The first-order valence-electron chi connectivity index (χ1n) is 3.52. The van der Waals surface area contributed by atoms with Crippen LogP contribution in [0.1, 0.15) is 5.56 Å². The largest absolute Gasteiger partial charge is 0.127 e. The van der Waals surface area contributed by atoms with E-state index in [2.05, 4.69) is 63.6 Å². The number of halogens is 2. The molecule has 62 valence electrons. The van der Waals surface area contributed by atoms with Crippen LogP contribution in [0.15, 0.2) is 22.0 Å². The van der Waals surface area contributed by atoms with Gasteiger partial charge in [0.2, 0.25) is 0 Å². The second-order valence-electron chi connectivity index (χ2n) is 2.67. The number of thiophene rings is 1. The van der Waals surface area contributed by atoms with E-state index in [1.165, 1.54) is 23.0 Å². The van der Waals surface area contributed by atoms with Gasteiger partial charge in [-0.3, -0.25) is 0 Å². The van der Waals surface area contributed by atoms with Crippen LogP contribution < -0.4 is 0 Å². The molecule has 1 aromatic carbocycles. The highest BCUT2D eigenvalue weighted by molar-refractivity contribution is 14.1. The summed E-state index contributed by atoms with van der Waals surface area (Å²) in [7, 11) is 0. The monoisotopic (exact) mass is 352 g/mol. The summed E-state index contributed by atoms with van der Waals surface area (Å²) < 4.78 is 3.98. The minimum absolute atomic E-state index is 1.21. The number of rotatable bonds is 0. The molecule has 2 aromatic rings. The molecule has 0 saturated heterocycles. The standard InChI is InChI=1S/C9H6BrIS/c1-5-2-3-6-4-7(10)12-9(6)8(5)11/h2-4H,1H3. The molecule has 3 heteroatoms.